The normalized spacial score (nSPS) is 10.6. The van der Waals surface area contributed by atoms with Crippen molar-refractivity contribution in [2.45, 2.75) is 13.3 Å². The summed E-state index contributed by atoms with van der Waals surface area (Å²) in [6.07, 6.45) is 0.577. The fraction of sp³-hybridized carbons (Fsp3) is 0.167. The second-order valence-corrected chi connectivity index (χ2v) is 4.53. The molecule has 7 heteroatoms. The molecule has 0 unspecified atom stereocenters. The van der Waals surface area contributed by atoms with Gasteiger partial charge in [-0.1, -0.05) is 6.92 Å². The van der Waals surface area contributed by atoms with E-state index in [0.717, 1.165) is 6.07 Å². The molecule has 2 aromatic rings. The molecule has 0 spiro atoms. The first-order valence-electron chi connectivity index (χ1n) is 5.44. The fourth-order valence-corrected chi connectivity index (χ4v) is 1.89. The predicted octanol–water partition coefficient (Wildman–Crippen LogP) is 3.96. The summed E-state index contributed by atoms with van der Waals surface area (Å²) in [7, 11) is 0. The van der Waals surface area contributed by atoms with Crippen molar-refractivity contribution in [2.75, 3.05) is 5.32 Å². The molecule has 3 nitrogen and oxygen atoms in total. The molecule has 2 rings (SSSR count). The van der Waals surface area contributed by atoms with Gasteiger partial charge in [0, 0.05) is 24.6 Å². The van der Waals surface area contributed by atoms with Gasteiger partial charge in [0.25, 0.3) is 0 Å². The Labute approximate surface area is 116 Å². The standard InChI is InChI=1S/C12H9BrF3N3/c1-2-10-18-9(13)5-11(19-10)17-8-4-6(14)3-7(15)12(8)16/h3-5H,2H2,1H3,(H,17,18,19). The highest BCUT2D eigenvalue weighted by molar-refractivity contribution is 9.10. The smallest absolute Gasteiger partial charge is 0.182 e. The lowest BCUT2D eigenvalue weighted by atomic mass is 10.3. The first kappa shape index (κ1) is 13.8. The number of nitrogens with zero attached hydrogens (tertiary/aromatic N) is 2. The van der Waals surface area contributed by atoms with Crippen LogP contribution in [0.1, 0.15) is 12.7 Å². The highest BCUT2D eigenvalue weighted by atomic mass is 79.9. The molecule has 0 saturated carbocycles. The molecular weight excluding hydrogens is 323 g/mol. The lowest BCUT2D eigenvalue weighted by Crippen LogP contribution is -2.02. The number of hydrogen-bond acceptors (Lipinski definition) is 3. The Morgan fingerprint density at radius 2 is 1.89 bits per heavy atom. The van der Waals surface area contributed by atoms with Crippen molar-refractivity contribution in [2.24, 2.45) is 0 Å². The van der Waals surface area contributed by atoms with Crippen LogP contribution in [0.2, 0.25) is 0 Å². The Morgan fingerprint density at radius 1 is 1.16 bits per heavy atom. The molecule has 0 amide bonds. The third kappa shape index (κ3) is 3.23. The summed E-state index contributed by atoms with van der Waals surface area (Å²) in [5, 5.41) is 2.53. The largest absolute Gasteiger partial charge is 0.338 e. The number of aromatic nitrogens is 2. The van der Waals surface area contributed by atoms with Crippen LogP contribution in [0.25, 0.3) is 0 Å². The number of rotatable bonds is 3. The minimum atomic E-state index is -1.26. The molecule has 1 heterocycles. The lowest BCUT2D eigenvalue weighted by molar-refractivity contribution is 0.498. The third-order valence-electron chi connectivity index (χ3n) is 2.31. The molecule has 100 valence electrons. The fourth-order valence-electron chi connectivity index (χ4n) is 1.47. The minimum absolute atomic E-state index is 0.252. The molecule has 1 N–H and O–H groups in total. The van der Waals surface area contributed by atoms with Crippen LogP contribution in [-0.2, 0) is 6.42 Å². The van der Waals surface area contributed by atoms with Crippen LogP contribution in [0.4, 0.5) is 24.7 Å². The number of aryl methyl sites for hydroxylation is 1. The SMILES string of the molecule is CCc1nc(Br)cc(Nc2cc(F)cc(F)c2F)n1. The Hall–Kier alpha value is -1.63. The van der Waals surface area contributed by atoms with Gasteiger partial charge in [-0.25, -0.2) is 23.1 Å². The van der Waals surface area contributed by atoms with E-state index in [1.807, 2.05) is 6.92 Å². The zero-order valence-corrected chi connectivity index (χ0v) is 11.4. The maximum Gasteiger partial charge on any atom is 0.182 e. The van der Waals surface area contributed by atoms with Crippen LogP contribution in [0, 0.1) is 17.5 Å². The molecule has 0 aliphatic rings. The van der Waals surface area contributed by atoms with Crippen LogP contribution in [0.15, 0.2) is 22.8 Å². The molecule has 0 bridgehead atoms. The van der Waals surface area contributed by atoms with E-state index in [0.29, 0.717) is 22.9 Å². The highest BCUT2D eigenvalue weighted by Crippen LogP contribution is 2.23. The summed E-state index contributed by atoms with van der Waals surface area (Å²) < 4.78 is 40.1. The number of hydrogen-bond donors (Lipinski definition) is 1. The molecule has 0 aliphatic heterocycles. The molecule has 0 saturated heterocycles. The Morgan fingerprint density at radius 3 is 2.58 bits per heavy atom. The van der Waals surface area contributed by atoms with Crippen LogP contribution in [0.3, 0.4) is 0 Å². The van der Waals surface area contributed by atoms with Gasteiger partial charge in [0.15, 0.2) is 11.6 Å². The van der Waals surface area contributed by atoms with Gasteiger partial charge in [0.05, 0.1) is 5.69 Å². The predicted molar refractivity (Wildman–Crippen MR) is 68.7 cm³/mol. The Balaban J connectivity index is 2.38. The number of anilines is 2. The first-order valence-corrected chi connectivity index (χ1v) is 6.24. The monoisotopic (exact) mass is 331 g/mol. The van der Waals surface area contributed by atoms with E-state index in [2.05, 4.69) is 31.2 Å². The summed E-state index contributed by atoms with van der Waals surface area (Å²) in [6, 6.07) is 2.83. The maximum absolute atomic E-state index is 13.5. The molecule has 0 fully saturated rings. The van der Waals surface area contributed by atoms with Crippen molar-refractivity contribution < 1.29 is 13.2 Å². The van der Waals surface area contributed by atoms with Gasteiger partial charge in [-0.3, -0.25) is 0 Å². The average Bonchev–Trinajstić information content (AvgIpc) is 2.34. The molecular formula is C12H9BrF3N3. The Bertz CT molecular complexity index is 619. The van der Waals surface area contributed by atoms with E-state index in [9.17, 15) is 13.2 Å². The summed E-state index contributed by atoms with van der Waals surface area (Å²) in [5.74, 6) is -2.51. The molecule has 0 atom stereocenters. The molecule has 19 heavy (non-hydrogen) atoms. The van der Waals surface area contributed by atoms with Crippen LogP contribution < -0.4 is 5.32 Å². The van der Waals surface area contributed by atoms with Gasteiger partial charge in [-0.05, 0) is 15.9 Å². The van der Waals surface area contributed by atoms with Crippen molar-refractivity contribution >= 4 is 27.4 Å². The van der Waals surface area contributed by atoms with Crippen molar-refractivity contribution in [1.82, 2.24) is 9.97 Å². The van der Waals surface area contributed by atoms with Gasteiger partial charge in [-0.15, -0.1) is 0 Å². The van der Waals surface area contributed by atoms with Gasteiger partial charge in [0.1, 0.15) is 22.1 Å². The Kier molecular flexibility index (Phi) is 4.04. The highest BCUT2D eigenvalue weighted by Gasteiger charge is 2.12. The van der Waals surface area contributed by atoms with E-state index in [4.69, 9.17) is 0 Å². The lowest BCUT2D eigenvalue weighted by Gasteiger charge is -2.09. The van der Waals surface area contributed by atoms with E-state index < -0.39 is 17.5 Å². The van der Waals surface area contributed by atoms with Gasteiger partial charge < -0.3 is 5.32 Å². The van der Waals surface area contributed by atoms with Crippen molar-refractivity contribution in [3.63, 3.8) is 0 Å². The van der Waals surface area contributed by atoms with Crippen LogP contribution in [-0.4, -0.2) is 9.97 Å². The molecule has 0 radical (unpaired) electrons. The zero-order chi connectivity index (χ0) is 14.0. The number of benzene rings is 1. The number of halogens is 4. The van der Waals surface area contributed by atoms with Crippen molar-refractivity contribution in [3.8, 4) is 0 Å². The van der Waals surface area contributed by atoms with Crippen LogP contribution >= 0.6 is 15.9 Å². The average molecular weight is 332 g/mol. The summed E-state index contributed by atoms with van der Waals surface area (Å²) in [4.78, 5) is 8.16. The molecule has 1 aromatic carbocycles. The van der Waals surface area contributed by atoms with E-state index >= 15 is 0 Å². The zero-order valence-electron chi connectivity index (χ0n) is 9.85. The van der Waals surface area contributed by atoms with Gasteiger partial charge in [-0.2, -0.15) is 0 Å². The maximum atomic E-state index is 13.5. The van der Waals surface area contributed by atoms with Crippen molar-refractivity contribution in [1.29, 1.82) is 0 Å². The summed E-state index contributed by atoms with van der Waals surface area (Å²) in [5.41, 5.74) is -0.315. The van der Waals surface area contributed by atoms with E-state index in [1.54, 1.807) is 0 Å². The summed E-state index contributed by atoms with van der Waals surface area (Å²) in [6.45, 7) is 1.86. The van der Waals surface area contributed by atoms with Crippen LogP contribution in [0.5, 0.6) is 0 Å². The minimum Gasteiger partial charge on any atom is -0.338 e. The number of nitrogens with one attached hydrogen (secondary N) is 1. The first-order chi connectivity index (χ1) is 8.99. The van der Waals surface area contributed by atoms with Crippen molar-refractivity contribution in [3.05, 3.63) is 46.1 Å². The van der Waals surface area contributed by atoms with E-state index in [-0.39, 0.29) is 11.5 Å². The molecule has 0 aliphatic carbocycles. The topological polar surface area (TPSA) is 37.8 Å². The van der Waals surface area contributed by atoms with E-state index in [1.165, 1.54) is 6.07 Å². The second-order valence-electron chi connectivity index (χ2n) is 3.72. The van der Waals surface area contributed by atoms with Gasteiger partial charge >= 0.3 is 0 Å². The summed E-state index contributed by atoms with van der Waals surface area (Å²) >= 11 is 3.18. The molecule has 1 aromatic heterocycles. The quantitative estimate of drug-likeness (QED) is 0.683. The third-order valence-corrected chi connectivity index (χ3v) is 2.72. The van der Waals surface area contributed by atoms with Gasteiger partial charge in [0.2, 0.25) is 0 Å². The second kappa shape index (κ2) is 5.56.